The van der Waals surface area contributed by atoms with Crippen molar-refractivity contribution < 1.29 is 9.18 Å². The van der Waals surface area contributed by atoms with E-state index >= 15 is 0 Å². The zero-order chi connectivity index (χ0) is 15.4. The molecule has 1 amide bonds. The number of benzene rings is 2. The van der Waals surface area contributed by atoms with Crippen LogP contribution in [-0.4, -0.2) is 28.9 Å². The van der Waals surface area contributed by atoms with Crippen LogP contribution in [0.2, 0.25) is 0 Å². The Bertz CT molecular complexity index is 687. The first-order valence-corrected chi connectivity index (χ1v) is 7.20. The van der Waals surface area contributed by atoms with Gasteiger partial charge in [-0.1, -0.05) is 36.5 Å². The fourth-order valence-electron chi connectivity index (χ4n) is 2.27. The molecule has 110 valence electrons. The van der Waals surface area contributed by atoms with E-state index < -0.39 is 0 Å². The Kier molecular flexibility index (Phi) is 4.85. The van der Waals surface area contributed by atoms with Crippen LogP contribution < -0.4 is 5.73 Å². The summed E-state index contributed by atoms with van der Waals surface area (Å²) in [5.41, 5.74) is 5.99. The van der Waals surface area contributed by atoms with Gasteiger partial charge >= 0.3 is 0 Å². The Labute approximate surface area is 128 Å². The van der Waals surface area contributed by atoms with Gasteiger partial charge in [-0.2, -0.15) is 0 Å². The lowest BCUT2D eigenvalue weighted by atomic mass is 10.0. The molecule has 0 saturated heterocycles. The van der Waals surface area contributed by atoms with Crippen molar-refractivity contribution >= 4 is 33.9 Å². The molecular formula is C16H17FN2OS. The average molecular weight is 304 g/mol. The average Bonchev–Trinajstić information content (AvgIpc) is 2.48. The predicted molar refractivity (Wildman–Crippen MR) is 86.9 cm³/mol. The number of hydrogen-bond donors (Lipinski definition) is 1. The Hall–Kier alpha value is -2.01. The van der Waals surface area contributed by atoms with Gasteiger partial charge in [0.2, 0.25) is 0 Å². The third-order valence-corrected chi connectivity index (χ3v) is 3.60. The van der Waals surface area contributed by atoms with Crippen LogP contribution in [0.3, 0.4) is 0 Å². The number of halogens is 1. The molecule has 0 atom stereocenters. The minimum atomic E-state index is -0.326. The summed E-state index contributed by atoms with van der Waals surface area (Å²) in [6, 6.07) is 9.84. The monoisotopic (exact) mass is 304 g/mol. The highest BCUT2D eigenvalue weighted by Crippen LogP contribution is 2.23. The van der Waals surface area contributed by atoms with Gasteiger partial charge in [0, 0.05) is 30.5 Å². The first kappa shape index (κ1) is 15.4. The lowest BCUT2D eigenvalue weighted by molar-refractivity contribution is 0.0771. The minimum Gasteiger partial charge on any atom is -0.393 e. The summed E-state index contributed by atoms with van der Waals surface area (Å²) in [4.78, 5) is 14.7. The summed E-state index contributed by atoms with van der Waals surface area (Å²) in [7, 11) is 0. The molecule has 0 aromatic heterocycles. The molecule has 0 aliphatic carbocycles. The number of hydrogen-bond acceptors (Lipinski definition) is 2. The highest BCUT2D eigenvalue weighted by atomic mass is 32.1. The Balaban J connectivity index is 2.38. The van der Waals surface area contributed by atoms with Crippen LogP contribution in [0.4, 0.5) is 4.39 Å². The van der Waals surface area contributed by atoms with Crippen molar-refractivity contribution in [2.24, 2.45) is 5.73 Å². The van der Waals surface area contributed by atoms with Gasteiger partial charge in [0.05, 0.1) is 4.99 Å². The van der Waals surface area contributed by atoms with Gasteiger partial charge in [-0.05, 0) is 24.4 Å². The van der Waals surface area contributed by atoms with E-state index in [4.69, 9.17) is 18.0 Å². The van der Waals surface area contributed by atoms with Gasteiger partial charge in [0.25, 0.3) is 5.91 Å². The van der Waals surface area contributed by atoms with Crippen molar-refractivity contribution in [1.29, 1.82) is 0 Å². The lowest BCUT2D eigenvalue weighted by Crippen LogP contribution is -2.33. The summed E-state index contributed by atoms with van der Waals surface area (Å²) in [5, 5.41) is 1.07. The molecular weight excluding hydrogens is 287 g/mol. The molecule has 3 nitrogen and oxygen atoms in total. The van der Waals surface area contributed by atoms with E-state index in [0.717, 1.165) is 0 Å². The zero-order valence-corrected chi connectivity index (χ0v) is 12.6. The molecule has 0 heterocycles. The van der Waals surface area contributed by atoms with E-state index in [0.29, 0.717) is 40.8 Å². The number of thiocarbonyl (C=S) groups is 1. The predicted octanol–water partition coefficient (Wildman–Crippen LogP) is 3.12. The maximum absolute atomic E-state index is 13.8. The number of nitrogens with two attached hydrogens (primary N) is 1. The van der Waals surface area contributed by atoms with Crippen molar-refractivity contribution in [3.8, 4) is 0 Å². The van der Waals surface area contributed by atoms with Crippen LogP contribution >= 0.6 is 12.2 Å². The summed E-state index contributed by atoms with van der Waals surface area (Å²) < 4.78 is 13.8. The van der Waals surface area contributed by atoms with Crippen molar-refractivity contribution in [2.45, 2.75) is 13.3 Å². The first-order valence-electron chi connectivity index (χ1n) is 6.79. The van der Waals surface area contributed by atoms with E-state index in [1.165, 1.54) is 12.1 Å². The van der Waals surface area contributed by atoms with Crippen LogP contribution in [0, 0.1) is 5.82 Å². The zero-order valence-electron chi connectivity index (χ0n) is 11.8. The smallest absolute Gasteiger partial charge is 0.254 e. The van der Waals surface area contributed by atoms with Gasteiger partial charge in [-0.3, -0.25) is 4.79 Å². The van der Waals surface area contributed by atoms with E-state index in [2.05, 4.69) is 0 Å². The third-order valence-electron chi connectivity index (χ3n) is 3.40. The van der Waals surface area contributed by atoms with Crippen LogP contribution in [0.1, 0.15) is 23.7 Å². The summed E-state index contributed by atoms with van der Waals surface area (Å²) in [5.74, 6) is -0.460. The molecule has 0 spiro atoms. The highest BCUT2D eigenvalue weighted by molar-refractivity contribution is 7.80. The third kappa shape index (κ3) is 3.36. The lowest BCUT2D eigenvalue weighted by Gasteiger charge is -2.21. The van der Waals surface area contributed by atoms with Crippen LogP contribution in [0.5, 0.6) is 0 Å². The normalized spacial score (nSPS) is 10.6. The maximum Gasteiger partial charge on any atom is 0.254 e. The van der Waals surface area contributed by atoms with E-state index in [-0.39, 0.29) is 11.7 Å². The van der Waals surface area contributed by atoms with Crippen LogP contribution in [0.25, 0.3) is 10.8 Å². The molecule has 0 saturated carbocycles. The van der Waals surface area contributed by atoms with Crippen molar-refractivity contribution in [1.82, 2.24) is 4.90 Å². The van der Waals surface area contributed by atoms with Crippen molar-refractivity contribution in [3.63, 3.8) is 0 Å². The summed E-state index contributed by atoms with van der Waals surface area (Å²) in [6.07, 6.45) is 0.480. The molecule has 2 aromatic rings. The fraction of sp³-hybridized carbons (Fsp3) is 0.250. The summed E-state index contributed by atoms with van der Waals surface area (Å²) in [6.45, 7) is 2.91. The van der Waals surface area contributed by atoms with Gasteiger partial charge in [-0.15, -0.1) is 0 Å². The minimum absolute atomic E-state index is 0.134. The molecule has 21 heavy (non-hydrogen) atoms. The summed E-state index contributed by atoms with van der Waals surface area (Å²) >= 11 is 4.85. The number of fused-ring (bicyclic) bond motifs is 1. The van der Waals surface area contributed by atoms with E-state index in [1.807, 2.05) is 6.92 Å². The van der Waals surface area contributed by atoms with Crippen molar-refractivity contribution in [2.75, 3.05) is 13.1 Å². The number of carbonyl (C=O) groups is 1. The van der Waals surface area contributed by atoms with Crippen molar-refractivity contribution in [3.05, 3.63) is 47.8 Å². The fourth-order valence-corrected chi connectivity index (χ4v) is 2.36. The number of amides is 1. The molecule has 2 rings (SSSR count). The Morgan fingerprint density at radius 2 is 1.90 bits per heavy atom. The standard InChI is InChI=1S/C16H17FN2OS/c1-2-19(10-9-15(18)21)16(20)13-7-8-14(17)12-6-4-3-5-11(12)13/h3-8H,2,9-10H2,1H3,(H2,18,21). The molecule has 0 aliphatic rings. The van der Waals surface area contributed by atoms with Crippen LogP contribution in [0.15, 0.2) is 36.4 Å². The largest absolute Gasteiger partial charge is 0.393 e. The number of rotatable bonds is 5. The second-order valence-electron chi connectivity index (χ2n) is 4.74. The highest BCUT2D eigenvalue weighted by Gasteiger charge is 2.17. The van der Waals surface area contributed by atoms with Gasteiger partial charge in [0.15, 0.2) is 0 Å². The molecule has 5 heteroatoms. The topological polar surface area (TPSA) is 46.3 Å². The molecule has 0 unspecified atom stereocenters. The molecule has 2 N–H and O–H groups in total. The molecule has 0 radical (unpaired) electrons. The number of nitrogens with zero attached hydrogens (tertiary/aromatic N) is 1. The second-order valence-corrected chi connectivity index (χ2v) is 5.27. The quantitative estimate of drug-likeness (QED) is 0.863. The van der Waals surface area contributed by atoms with Gasteiger partial charge in [0.1, 0.15) is 5.82 Å². The molecule has 0 bridgehead atoms. The van der Waals surface area contributed by atoms with E-state index in [1.54, 1.807) is 29.2 Å². The Morgan fingerprint density at radius 3 is 2.52 bits per heavy atom. The van der Waals surface area contributed by atoms with Crippen LogP contribution in [-0.2, 0) is 0 Å². The van der Waals surface area contributed by atoms with E-state index in [9.17, 15) is 9.18 Å². The first-order chi connectivity index (χ1) is 10.0. The molecule has 2 aromatic carbocycles. The van der Waals surface area contributed by atoms with Gasteiger partial charge in [-0.25, -0.2) is 4.39 Å². The van der Waals surface area contributed by atoms with Gasteiger partial charge < -0.3 is 10.6 Å². The number of carbonyl (C=O) groups excluding carboxylic acids is 1. The maximum atomic E-state index is 13.8. The SMILES string of the molecule is CCN(CCC(N)=S)C(=O)c1ccc(F)c2ccccc12. The molecule has 0 aliphatic heterocycles. The second kappa shape index (κ2) is 6.63. The Morgan fingerprint density at radius 1 is 1.24 bits per heavy atom. The molecule has 0 fully saturated rings.